The maximum atomic E-state index is 12.0. The zero-order valence-corrected chi connectivity index (χ0v) is 12.7. The molecule has 0 bridgehead atoms. The van der Waals surface area contributed by atoms with E-state index in [1.165, 1.54) is 0 Å². The molecular weight excluding hydrogens is 272 g/mol. The molecule has 0 unspecified atom stereocenters. The fraction of sp³-hybridized carbons (Fsp3) is 0.600. The fourth-order valence-corrected chi connectivity index (χ4v) is 2.39. The molecule has 0 radical (unpaired) electrons. The van der Waals surface area contributed by atoms with E-state index in [2.05, 4.69) is 9.87 Å². The number of amides is 1. The average Bonchev–Trinajstić information content (AvgIpc) is 2.46. The van der Waals surface area contributed by atoms with E-state index >= 15 is 0 Å². The number of carbonyl (C=O) groups is 1. The first-order chi connectivity index (χ1) is 9.89. The van der Waals surface area contributed by atoms with Crippen LogP contribution in [0.4, 0.5) is 4.79 Å². The third-order valence-electron chi connectivity index (χ3n) is 3.40. The van der Waals surface area contributed by atoms with Gasteiger partial charge in [0.15, 0.2) is 0 Å². The van der Waals surface area contributed by atoms with Crippen molar-refractivity contribution < 1.29 is 19.7 Å². The van der Waals surface area contributed by atoms with Crippen molar-refractivity contribution in [2.75, 3.05) is 13.1 Å². The van der Waals surface area contributed by atoms with E-state index in [0.717, 1.165) is 18.5 Å². The number of rotatable bonds is 2. The van der Waals surface area contributed by atoms with E-state index in [0.29, 0.717) is 13.1 Å². The highest BCUT2D eigenvalue weighted by atomic mass is 17.1. The van der Waals surface area contributed by atoms with Crippen LogP contribution in [0.5, 0.6) is 5.88 Å². The van der Waals surface area contributed by atoms with Crippen LogP contribution < -0.4 is 4.89 Å². The molecule has 6 nitrogen and oxygen atoms in total. The summed E-state index contributed by atoms with van der Waals surface area (Å²) in [5, 5.41) is 8.65. The molecule has 116 valence electrons. The lowest BCUT2D eigenvalue weighted by atomic mass is 9.93. The first-order valence-corrected chi connectivity index (χ1v) is 7.15. The first-order valence-electron chi connectivity index (χ1n) is 7.15. The van der Waals surface area contributed by atoms with Gasteiger partial charge in [0.2, 0.25) is 0 Å². The van der Waals surface area contributed by atoms with Gasteiger partial charge in [-0.3, -0.25) is 0 Å². The molecule has 0 saturated carbocycles. The SMILES string of the molecule is CC(C)(C)OC(=O)N1CCC(c2cccc(OO)n2)CC1. The van der Waals surface area contributed by atoms with E-state index < -0.39 is 5.60 Å². The molecule has 1 saturated heterocycles. The van der Waals surface area contributed by atoms with Crippen LogP contribution in [0.2, 0.25) is 0 Å². The van der Waals surface area contributed by atoms with Gasteiger partial charge >= 0.3 is 6.09 Å². The number of carbonyl (C=O) groups excluding carboxylic acids is 1. The number of ether oxygens (including phenoxy) is 1. The predicted octanol–water partition coefficient (Wildman–Crippen LogP) is 3.05. The summed E-state index contributed by atoms with van der Waals surface area (Å²) < 4.78 is 5.37. The maximum absolute atomic E-state index is 12.0. The Labute approximate surface area is 124 Å². The van der Waals surface area contributed by atoms with Gasteiger partial charge in [-0.2, -0.15) is 0 Å². The highest BCUT2D eigenvalue weighted by molar-refractivity contribution is 5.68. The minimum atomic E-state index is -0.470. The summed E-state index contributed by atoms with van der Waals surface area (Å²) in [6, 6.07) is 5.31. The Bertz CT molecular complexity index is 491. The number of nitrogens with zero attached hydrogens (tertiary/aromatic N) is 2. The average molecular weight is 294 g/mol. The quantitative estimate of drug-likeness (QED) is 0.670. The number of likely N-dealkylation sites (tertiary alicyclic amines) is 1. The van der Waals surface area contributed by atoms with E-state index in [1.807, 2.05) is 26.8 Å². The topological polar surface area (TPSA) is 71.9 Å². The molecule has 1 N–H and O–H groups in total. The number of aromatic nitrogens is 1. The normalized spacial score (nSPS) is 16.7. The smallest absolute Gasteiger partial charge is 0.410 e. The molecule has 2 heterocycles. The lowest BCUT2D eigenvalue weighted by Crippen LogP contribution is -2.41. The molecule has 21 heavy (non-hydrogen) atoms. The minimum absolute atomic E-state index is 0.196. The Morgan fingerprint density at radius 1 is 1.33 bits per heavy atom. The molecular formula is C15H22N2O4. The van der Waals surface area contributed by atoms with E-state index in [1.54, 1.807) is 17.0 Å². The minimum Gasteiger partial charge on any atom is -0.444 e. The molecule has 2 rings (SSSR count). The summed E-state index contributed by atoms with van der Waals surface area (Å²) in [6.07, 6.45) is 1.38. The summed E-state index contributed by atoms with van der Waals surface area (Å²) in [4.78, 5) is 22.1. The molecule has 1 amide bonds. The molecule has 1 aliphatic rings. The van der Waals surface area contributed by atoms with Crippen LogP contribution in [0.3, 0.4) is 0 Å². The standard InChI is InChI=1S/C15H22N2O4/c1-15(2,3)20-14(18)17-9-7-11(8-10-17)12-5-4-6-13(16-12)21-19/h4-6,11,19H,7-10H2,1-3H3. The van der Waals surface area contributed by atoms with Gasteiger partial charge in [-0.1, -0.05) is 6.07 Å². The Morgan fingerprint density at radius 3 is 2.57 bits per heavy atom. The molecule has 6 heteroatoms. The van der Waals surface area contributed by atoms with Gasteiger partial charge < -0.3 is 14.5 Å². The zero-order chi connectivity index (χ0) is 15.5. The summed E-state index contributed by atoms with van der Waals surface area (Å²) in [7, 11) is 0. The van der Waals surface area contributed by atoms with Gasteiger partial charge in [-0.15, -0.1) is 0 Å². The van der Waals surface area contributed by atoms with Crippen LogP contribution in [0.1, 0.15) is 45.2 Å². The third-order valence-corrected chi connectivity index (χ3v) is 3.40. The molecule has 0 aromatic carbocycles. The number of pyridine rings is 1. The van der Waals surface area contributed by atoms with Crippen LogP contribution in [-0.4, -0.2) is 39.9 Å². The Kier molecular flexibility index (Phi) is 4.67. The van der Waals surface area contributed by atoms with Crippen LogP contribution in [0.15, 0.2) is 18.2 Å². The largest absolute Gasteiger partial charge is 0.444 e. The molecule has 0 spiro atoms. The van der Waals surface area contributed by atoms with Gasteiger partial charge in [-0.25, -0.2) is 15.0 Å². The molecule has 0 aliphatic carbocycles. The van der Waals surface area contributed by atoms with E-state index in [-0.39, 0.29) is 17.9 Å². The van der Waals surface area contributed by atoms with Gasteiger partial charge in [0.1, 0.15) is 5.60 Å². The summed E-state index contributed by atoms with van der Waals surface area (Å²) in [5.74, 6) is 0.459. The van der Waals surface area contributed by atoms with Crippen molar-refractivity contribution >= 4 is 6.09 Å². The van der Waals surface area contributed by atoms with Gasteiger partial charge in [0.05, 0.1) is 0 Å². The van der Waals surface area contributed by atoms with Gasteiger partial charge in [0, 0.05) is 30.8 Å². The Balaban J connectivity index is 1.92. The molecule has 1 aromatic heterocycles. The predicted molar refractivity (Wildman–Crippen MR) is 77.3 cm³/mol. The van der Waals surface area contributed by atoms with Crippen molar-refractivity contribution in [1.82, 2.24) is 9.88 Å². The Morgan fingerprint density at radius 2 is 2.00 bits per heavy atom. The van der Waals surface area contributed by atoms with Crippen molar-refractivity contribution in [3.05, 3.63) is 23.9 Å². The van der Waals surface area contributed by atoms with Gasteiger partial charge in [-0.05, 0) is 39.7 Å². The van der Waals surface area contributed by atoms with Crippen molar-refractivity contribution in [1.29, 1.82) is 0 Å². The molecule has 0 atom stereocenters. The highest BCUT2D eigenvalue weighted by Crippen LogP contribution is 2.28. The van der Waals surface area contributed by atoms with Crippen molar-refractivity contribution in [2.24, 2.45) is 0 Å². The highest BCUT2D eigenvalue weighted by Gasteiger charge is 2.28. The first kappa shape index (κ1) is 15.6. The van der Waals surface area contributed by atoms with E-state index in [4.69, 9.17) is 9.99 Å². The summed E-state index contributed by atoms with van der Waals surface area (Å²) in [6.45, 7) is 6.88. The summed E-state index contributed by atoms with van der Waals surface area (Å²) >= 11 is 0. The van der Waals surface area contributed by atoms with Gasteiger partial charge in [0.25, 0.3) is 5.88 Å². The molecule has 1 aromatic rings. The molecule has 1 fully saturated rings. The van der Waals surface area contributed by atoms with Crippen molar-refractivity contribution in [3.63, 3.8) is 0 Å². The monoisotopic (exact) mass is 294 g/mol. The van der Waals surface area contributed by atoms with E-state index in [9.17, 15) is 4.79 Å². The lowest BCUT2D eigenvalue weighted by molar-refractivity contribution is -0.141. The molecule has 1 aliphatic heterocycles. The second kappa shape index (κ2) is 6.30. The van der Waals surface area contributed by atoms with Crippen LogP contribution in [0, 0.1) is 0 Å². The van der Waals surface area contributed by atoms with Crippen molar-refractivity contribution in [3.8, 4) is 5.88 Å². The van der Waals surface area contributed by atoms with Crippen LogP contribution in [-0.2, 0) is 4.74 Å². The zero-order valence-electron chi connectivity index (χ0n) is 12.7. The number of hydrogen-bond donors (Lipinski definition) is 1. The second-order valence-corrected chi connectivity index (χ2v) is 6.23. The van der Waals surface area contributed by atoms with Crippen LogP contribution in [0.25, 0.3) is 0 Å². The number of piperidine rings is 1. The summed E-state index contributed by atoms with van der Waals surface area (Å²) in [5.41, 5.74) is 0.410. The van der Waals surface area contributed by atoms with Crippen LogP contribution >= 0.6 is 0 Å². The maximum Gasteiger partial charge on any atom is 0.410 e. The second-order valence-electron chi connectivity index (χ2n) is 6.23. The fourth-order valence-electron chi connectivity index (χ4n) is 2.39. The number of hydrogen-bond acceptors (Lipinski definition) is 5. The third kappa shape index (κ3) is 4.32. The van der Waals surface area contributed by atoms with Crippen molar-refractivity contribution in [2.45, 2.75) is 45.1 Å². The lowest BCUT2D eigenvalue weighted by Gasteiger charge is -2.33. The Hall–Kier alpha value is -1.82.